The van der Waals surface area contributed by atoms with Crippen molar-refractivity contribution >= 4 is 28.1 Å². The molecular formula is C25H25N3OS. The molecule has 0 fully saturated rings. The van der Waals surface area contributed by atoms with E-state index in [0.29, 0.717) is 12.2 Å². The number of carbonyl (C=O) groups excluding carboxylic acids is 1. The van der Waals surface area contributed by atoms with Crippen molar-refractivity contribution in [1.82, 2.24) is 15.3 Å². The zero-order valence-electron chi connectivity index (χ0n) is 17.3. The van der Waals surface area contributed by atoms with Crippen LogP contribution < -0.4 is 5.32 Å². The van der Waals surface area contributed by atoms with E-state index in [1.54, 1.807) is 11.3 Å². The van der Waals surface area contributed by atoms with Gasteiger partial charge < -0.3 is 10.3 Å². The molecule has 0 bridgehead atoms. The van der Waals surface area contributed by atoms with E-state index >= 15 is 0 Å². The Morgan fingerprint density at radius 1 is 1.23 bits per heavy atom. The lowest BCUT2D eigenvalue weighted by molar-refractivity contribution is 0.0947. The van der Waals surface area contributed by atoms with Gasteiger partial charge in [-0.15, -0.1) is 11.3 Å². The fraction of sp³-hybridized carbons (Fsp3) is 0.280. The monoisotopic (exact) mass is 415 g/mol. The summed E-state index contributed by atoms with van der Waals surface area (Å²) in [6, 6.07) is 16.5. The normalized spacial score (nSPS) is 15.9. The van der Waals surface area contributed by atoms with Crippen LogP contribution in [0.3, 0.4) is 0 Å². The molecule has 1 aliphatic carbocycles. The van der Waals surface area contributed by atoms with Gasteiger partial charge >= 0.3 is 0 Å². The first-order chi connectivity index (χ1) is 14.6. The summed E-state index contributed by atoms with van der Waals surface area (Å²) in [5.74, 6) is 0.604. The molecule has 5 rings (SSSR count). The van der Waals surface area contributed by atoms with E-state index in [1.807, 2.05) is 37.3 Å². The minimum absolute atomic E-state index is 0.122. The summed E-state index contributed by atoms with van der Waals surface area (Å²) in [7, 11) is 0. The van der Waals surface area contributed by atoms with Gasteiger partial charge in [0.05, 0.1) is 9.88 Å². The number of hydrogen-bond donors (Lipinski definition) is 2. The van der Waals surface area contributed by atoms with Crippen LogP contribution in [0.1, 0.15) is 45.7 Å². The lowest BCUT2D eigenvalue weighted by atomic mass is 9.87. The highest BCUT2D eigenvalue weighted by molar-refractivity contribution is 7.15. The molecule has 4 nitrogen and oxygen atoms in total. The lowest BCUT2D eigenvalue weighted by Crippen LogP contribution is -2.23. The number of carbonyl (C=O) groups is 1. The number of thiazole rings is 1. The Labute approximate surface area is 180 Å². The summed E-state index contributed by atoms with van der Waals surface area (Å²) in [6.07, 6.45) is 3.51. The zero-order valence-corrected chi connectivity index (χ0v) is 18.1. The molecule has 1 amide bonds. The van der Waals surface area contributed by atoms with E-state index in [4.69, 9.17) is 0 Å². The molecular weight excluding hydrogens is 390 g/mol. The van der Waals surface area contributed by atoms with Gasteiger partial charge in [-0.25, -0.2) is 4.98 Å². The maximum absolute atomic E-state index is 12.9. The Balaban J connectivity index is 1.37. The first-order valence-corrected chi connectivity index (χ1v) is 11.3. The van der Waals surface area contributed by atoms with Gasteiger partial charge in [0.25, 0.3) is 5.91 Å². The summed E-state index contributed by atoms with van der Waals surface area (Å²) >= 11 is 1.56. The second-order valence-corrected chi connectivity index (χ2v) is 9.47. The maximum atomic E-state index is 12.9. The fourth-order valence-electron chi connectivity index (χ4n) is 4.38. The second-order valence-electron chi connectivity index (χ2n) is 8.27. The molecule has 2 N–H and O–H groups in total. The Kier molecular flexibility index (Phi) is 4.91. The fourth-order valence-corrected chi connectivity index (χ4v) is 5.30. The molecule has 0 radical (unpaired) electrons. The summed E-state index contributed by atoms with van der Waals surface area (Å²) in [5, 5.41) is 5.28. The lowest BCUT2D eigenvalue weighted by Gasteiger charge is -2.18. The third kappa shape index (κ3) is 3.54. The summed E-state index contributed by atoms with van der Waals surface area (Å²) in [5.41, 5.74) is 6.70. The number of aromatic amines is 1. The maximum Gasteiger partial charge on any atom is 0.271 e. The van der Waals surface area contributed by atoms with Gasteiger partial charge in [-0.1, -0.05) is 43.3 Å². The van der Waals surface area contributed by atoms with Crippen molar-refractivity contribution in [3.8, 4) is 10.4 Å². The highest BCUT2D eigenvalue weighted by Crippen LogP contribution is 2.32. The van der Waals surface area contributed by atoms with Crippen molar-refractivity contribution in [3.63, 3.8) is 0 Å². The topological polar surface area (TPSA) is 57.8 Å². The number of aryl methyl sites for hydroxylation is 2. The highest BCUT2D eigenvalue weighted by Gasteiger charge is 2.21. The van der Waals surface area contributed by atoms with Crippen LogP contribution in [-0.2, 0) is 19.4 Å². The van der Waals surface area contributed by atoms with Crippen LogP contribution in [0.5, 0.6) is 0 Å². The second kappa shape index (κ2) is 7.73. The number of nitrogens with zero attached hydrogens (tertiary/aromatic N) is 1. The van der Waals surface area contributed by atoms with Crippen LogP contribution in [0, 0.1) is 12.8 Å². The van der Waals surface area contributed by atoms with Crippen LogP contribution in [0.15, 0.2) is 48.5 Å². The van der Waals surface area contributed by atoms with E-state index in [-0.39, 0.29) is 5.91 Å². The minimum Gasteiger partial charge on any atom is -0.358 e. The molecule has 0 aliphatic heterocycles. The number of benzene rings is 2. The van der Waals surface area contributed by atoms with Gasteiger partial charge in [0.15, 0.2) is 0 Å². The van der Waals surface area contributed by atoms with Gasteiger partial charge in [-0.3, -0.25) is 4.79 Å². The minimum atomic E-state index is -0.122. The number of amides is 1. The molecule has 1 aliphatic rings. The predicted molar refractivity (Wildman–Crippen MR) is 123 cm³/mol. The van der Waals surface area contributed by atoms with Crippen molar-refractivity contribution in [3.05, 3.63) is 76.1 Å². The molecule has 30 heavy (non-hydrogen) atoms. The molecule has 152 valence electrons. The number of hydrogen-bond acceptors (Lipinski definition) is 3. The SMILES string of the molecule is Cc1nc(C(=O)NCc2ccc3[nH]c4c(c3c2)CC(C)CC4)c(-c2ccccc2)s1. The van der Waals surface area contributed by atoms with E-state index in [9.17, 15) is 4.79 Å². The van der Waals surface area contributed by atoms with Gasteiger partial charge in [0, 0.05) is 23.1 Å². The average molecular weight is 416 g/mol. The van der Waals surface area contributed by atoms with Crippen molar-refractivity contribution in [2.45, 2.75) is 39.7 Å². The first kappa shape index (κ1) is 19.1. The zero-order chi connectivity index (χ0) is 20.7. The third-order valence-corrected chi connectivity index (χ3v) is 6.96. The number of H-pyrrole nitrogens is 1. The Morgan fingerprint density at radius 3 is 2.90 bits per heavy atom. The van der Waals surface area contributed by atoms with Crippen LogP contribution in [0.2, 0.25) is 0 Å². The van der Waals surface area contributed by atoms with Gasteiger partial charge in [0.1, 0.15) is 5.69 Å². The molecule has 1 atom stereocenters. The highest BCUT2D eigenvalue weighted by atomic mass is 32.1. The third-order valence-electron chi connectivity index (χ3n) is 5.94. The molecule has 2 aromatic carbocycles. The molecule has 2 aromatic heterocycles. The van der Waals surface area contributed by atoms with Crippen molar-refractivity contribution in [2.24, 2.45) is 5.92 Å². The van der Waals surface area contributed by atoms with Crippen molar-refractivity contribution in [2.75, 3.05) is 0 Å². The van der Waals surface area contributed by atoms with E-state index in [2.05, 4.69) is 40.4 Å². The molecule has 0 saturated carbocycles. The predicted octanol–water partition coefficient (Wildman–Crippen LogP) is 5.65. The van der Waals surface area contributed by atoms with Crippen molar-refractivity contribution < 1.29 is 4.79 Å². The molecule has 0 spiro atoms. The van der Waals surface area contributed by atoms with E-state index in [0.717, 1.165) is 39.8 Å². The van der Waals surface area contributed by atoms with Crippen molar-refractivity contribution in [1.29, 1.82) is 0 Å². The van der Waals surface area contributed by atoms with Gasteiger partial charge in [-0.2, -0.15) is 0 Å². The quantitative estimate of drug-likeness (QED) is 0.452. The largest absolute Gasteiger partial charge is 0.358 e. The molecule has 4 aromatic rings. The van der Waals surface area contributed by atoms with Crippen LogP contribution in [0.25, 0.3) is 21.3 Å². The number of aromatic nitrogens is 2. The molecule has 0 saturated heterocycles. The van der Waals surface area contributed by atoms with Crippen LogP contribution >= 0.6 is 11.3 Å². The van der Waals surface area contributed by atoms with Crippen LogP contribution in [-0.4, -0.2) is 15.9 Å². The van der Waals surface area contributed by atoms with Gasteiger partial charge in [-0.05, 0) is 60.9 Å². The first-order valence-electron chi connectivity index (χ1n) is 10.5. The number of nitrogens with one attached hydrogen (secondary N) is 2. The smallest absolute Gasteiger partial charge is 0.271 e. The van der Waals surface area contributed by atoms with E-state index in [1.165, 1.54) is 28.6 Å². The number of rotatable bonds is 4. The molecule has 5 heteroatoms. The Bertz CT molecular complexity index is 1220. The van der Waals surface area contributed by atoms with Gasteiger partial charge in [0.2, 0.25) is 0 Å². The molecule has 2 heterocycles. The standard InChI is InChI=1S/C25H25N3OS/c1-15-8-10-21-19(12-15)20-13-17(9-11-22(20)28-21)14-26-25(29)23-24(30-16(2)27-23)18-6-4-3-5-7-18/h3-7,9,11,13,15,28H,8,10,12,14H2,1-2H3,(H,26,29). The summed E-state index contributed by atoms with van der Waals surface area (Å²) < 4.78 is 0. The summed E-state index contributed by atoms with van der Waals surface area (Å²) in [6.45, 7) is 4.76. The summed E-state index contributed by atoms with van der Waals surface area (Å²) in [4.78, 5) is 22.0. The average Bonchev–Trinajstić information content (AvgIpc) is 3.33. The Hall–Kier alpha value is -2.92. The van der Waals surface area contributed by atoms with Crippen LogP contribution in [0.4, 0.5) is 0 Å². The van der Waals surface area contributed by atoms with E-state index < -0.39 is 0 Å². The molecule has 1 unspecified atom stereocenters. The Morgan fingerprint density at radius 2 is 2.07 bits per heavy atom. The number of fused-ring (bicyclic) bond motifs is 3.